The molecule has 0 spiro atoms. The van der Waals surface area contributed by atoms with E-state index in [1.54, 1.807) is 18.0 Å². The Morgan fingerprint density at radius 1 is 0.976 bits per heavy atom. The lowest BCUT2D eigenvalue weighted by atomic mass is 9.83. The van der Waals surface area contributed by atoms with Gasteiger partial charge in [-0.25, -0.2) is 14.5 Å². The molecule has 8 nitrogen and oxygen atoms in total. The summed E-state index contributed by atoms with van der Waals surface area (Å²) in [4.78, 5) is 15.2. The molecule has 1 unspecified atom stereocenters. The van der Waals surface area contributed by atoms with E-state index < -0.39 is 0 Å². The molecular weight excluding hydrogens is 514 g/mol. The minimum Gasteiger partial charge on any atom is -0.497 e. The Morgan fingerprint density at radius 3 is 2.59 bits per heavy atom. The molecule has 2 aromatic heterocycles. The van der Waals surface area contributed by atoms with E-state index in [0.29, 0.717) is 17.4 Å². The highest BCUT2D eigenvalue weighted by Gasteiger charge is 2.34. The molecule has 0 saturated heterocycles. The van der Waals surface area contributed by atoms with Crippen molar-refractivity contribution >= 4 is 22.1 Å². The van der Waals surface area contributed by atoms with E-state index in [0.717, 1.165) is 50.2 Å². The summed E-state index contributed by atoms with van der Waals surface area (Å²) in [6.45, 7) is 4.09. The summed E-state index contributed by atoms with van der Waals surface area (Å²) < 4.78 is 13.6. The zero-order valence-electron chi connectivity index (χ0n) is 22.9. The average molecular weight is 542 g/mol. The van der Waals surface area contributed by atoms with Gasteiger partial charge in [0.1, 0.15) is 17.8 Å². The average Bonchev–Trinajstić information content (AvgIpc) is 3.43. The monoisotopic (exact) mass is 541 g/mol. The van der Waals surface area contributed by atoms with Gasteiger partial charge in [-0.05, 0) is 42.5 Å². The minimum atomic E-state index is -0.180. The molecular formula is C33H27N5O3. The number of benzene rings is 4. The highest BCUT2D eigenvalue weighted by molar-refractivity contribution is 5.98. The van der Waals surface area contributed by atoms with Gasteiger partial charge in [0.05, 0.1) is 18.4 Å². The molecule has 0 amide bonds. The largest absolute Gasteiger partial charge is 0.497 e. The standard InChI is InChI=1S/C33H27N5O3/c1-20-8-10-22(11-9-20)21(2)37-40-18-28-35-32-30-29(24-12-15-25(39-3)16-13-24)27-17-14-23-6-4-5-7-26(23)31(27)41-33(30)34-19-38(32)36-28/h4-17,19,29H,18H2,1-3H3/b37-21-. The first-order valence-electron chi connectivity index (χ1n) is 13.4. The lowest BCUT2D eigenvalue weighted by Crippen LogP contribution is -2.15. The van der Waals surface area contributed by atoms with Crippen LogP contribution in [0.3, 0.4) is 0 Å². The fourth-order valence-corrected chi connectivity index (χ4v) is 5.33. The van der Waals surface area contributed by atoms with E-state index >= 15 is 0 Å². The van der Waals surface area contributed by atoms with E-state index in [4.69, 9.17) is 19.3 Å². The van der Waals surface area contributed by atoms with Crippen molar-refractivity contribution in [2.75, 3.05) is 7.11 Å². The second kappa shape index (κ2) is 10.1. The lowest BCUT2D eigenvalue weighted by Gasteiger charge is -2.28. The van der Waals surface area contributed by atoms with Crippen LogP contribution in [0.1, 0.15) is 46.5 Å². The predicted molar refractivity (Wildman–Crippen MR) is 157 cm³/mol. The predicted octanol–water partition coefficient (Wildman–Crippen LogP) is 6.82. The Hall–Kier alpha value is -5.24. The van der Waals surface area contributed by atoms with Gasteiger partial charge in [0.2, 0.25) is 5.88 Å². The molecule has 0 N–H and O–H groups in total. The Morgan fingerprint density at radius 2 is 1.78 bits per heavy atom. The summed E-state index contributed by atoms with van der Waals surface area (Å²) in [5, 5.41) is 11.1. The van der Waals surface area contributed by atoms with Gasteiger partial charge in [-0.15, -0.1) is 5.10 Å². The number of fused-ring (bicyclic) bond motifs is 6. The number of oxime groups is 1. The maximum atomic E-state index is 6.50. The van der Waals surface area contributed by atoms with Crippen molar-refractivity contribution in [1.82, 2.24) is 19.6 Å². The van der Waals surface area contributed by atoms with Crippen LogP contribution in [0.4, 0.5) is 0 Å². The second-order valence-electron chi connectivity index (χ2n) is 10.1. The zero-order chi connectivity index (χ0) is 27.9. The van der Waals surface area contributed by atoms with E-state index in [9.17, 15) is 0 Å². The molecule has 1 aliphatic rings. The van der Waals surface area contributed by atoms with Crippen LogP contribution < -0.4 is 9.47 Å². The number of aromatic nitrogens is 4. The van der Waals surface area contributed by atoms with Crippen LogP contribution in [0.15, 0.2) is 96.4 Å². The van der Waals surface area contributed by atoms with Gasteiger partial charge in [-0.1, -0.05) is 83.5 Å². The number of nitrogens with zero attached hydrogens (tertiary/aromatic N) is 5. The van der Waals surface area contributed by atoms with Crippen LogP contribution in [-0.2, 0) is 11.4 Å². The molecule has 3 heterocycles. The Balaban J connectivity index is 1.29. The number of hydrogen-bond donors (Lipinski definition) is 0. The number of hydrogen-bond acceptors (Lipinski definition) is 7. The lowest BCUT2D eigenvalue weighted by molar-refractivity contribution is 0.125. The zero-order valence-corrected chi connectivity index (χ0v) is 22.9. The first-order chi connectivity index (χ1) is 20.1. The van der Waals surface area contributed by atoms with E-state index in [2.05, 4.69) is 70.7 Å². The molecule has 0 fully saturated rings. The van der Waals surface area contributed by atoms with Crippen molar-refractivity contribution in [1.29, 1.82) is 0 Å². The minimum absolute atomic E-state index is 0.120. The molecule has 0 radical (unpaired) electrons. The van der Waals surface area contributed by atoms with Crippen LogP contribution in [0.2, 0.25) is 0 Å². The van der Waals surface area contributed by atoms with Crippen molar-refractivity contribution in [2.24, 2.45) is 5.16 Å². The SMILES string of the molecule is COc1ccc(C2c3ccc4ccccc4c3Oc3ncn4nc(CO/N=C(/C)c5ccc(C)cc5)nc4c32)cc1. The van der Waals surface area contributed by atoms with Crippen LogP contribution in [0, 0.1) is 6.92 Å². The summed E-state index contributed by atoms with van der Waals surface area (Å²) in [7, 11) is 1.67. The summed E-state index contributed by atoms with van der Waals surface area (Å²) in [5.74, 6) is 2.42. The molecule has 1 aliphatic heterocycles. The molecule has 0 aliphatic carbocycles. The maximum absolute atomic E-state index is 6.50. The van der Waals surface area contributed by atoms with Gasteiger partial charge in [0.15, 0.2) is 18.1 Å². The van der Waals surface area contributed by atoms with Gasteiger partial charge in [0, 0.05) is 16.9 Å². The topological polar surface area (TPSA) is 83.1 Å². The molecule has 0 saturated carbocycles. The van der Waals surface area contributed by atoms with Crippen LogP contribution in [0.5, 0.6) is 17.4 Å². The summed E-state index contributed by atoms with van der Waals surface area (Å²) in [6.07, 6.45) is 1.63. The number of rotatable bonds is 6. The smallest absolute Gasteiger partial charge is 0.228 e. The fraction of sp³-hybridized carbons (Fsp3) is 0.152. The van der Waals surface area contributed by atoms with Crippen molar-refractivity contribution in [3.63, 3.8) is 0 Å². The molecule has 8 heteroatoms. The fourth-order valence-electron chi connectivity index (χ4n) is 5.33. The third-order valence-electron chi connectivity index (χ3n) is 7.45. The molecule has 0 bridgehead atoms. The van der Waals surface area contributed by atoms with Gasteiger partial charge >= 0.3 is 0 Å². The normalized spacial score (nSPS) is 14.4. The van der Waals surface area contributed by atoms with E-state index in [1.807, 2.05) is 43.3 Å². The molecule has 1 atom stereocenters. The van der Waals surface area contributed by atoms with Crippen molar-refractivity contribution in [3.05, 3.63) is 125 Å². The molecule has 41 heavy (non-hydrogen) atoms. The van der Waals surface area contributed by atoms with Gasteiger partial charge in [-0.2, -0.15) is 0 Å². The summed E-state index contributed by atoms with van der Waals surface area (Å²) in [6, 6.07) is 28.7. The van der Waals surface area contributed by atoms with E-state index in [1.165, 1.54) is 5.56 Å². The van der Waals surface area contributed by atoms with Gasteiger partial charge < -0.3 is 14.3 Å². The van der Waals surface area contributed by atoms with Crippen LogP contribution in [-0.4, -0.2) is 32.4 Å². The van der Waals surface area contributed by atoms with Crippen LogP contribution >= 0.6 is 0 Å². The Kier molecular flexibility index (Phi) is 6.08. The van der Waals surface area contributed by atoms with Gasteiger partial charge in [0.25, 0.3) is 0 Å². The molecule has 4 aromatic carbocycles. The summed E-state index contributed by atoms with van der Waals surface area (Å²) >= 11 is 0. The highest BCUT2D eigenvalue weighted by atomic mass is 16.6. The third kappa shape index (κ3) is 4.43. The highest BCUT2D eigenvalue weighted by Crippen LogP contribution is 2.50. The maximum Gasteiger partial charge on any atom is 0.228 e. The first-order valence-corrected chi connectivity index (χ1v) is 13.4. The molecule has 7 rings (SSSR count). The third-order valence-corrected chi connectivity index (χ3v) is 7.45. The summed E-state index contributed by atoms with van der Waals surface area (Å²) in [5.41, 5.74) is 6.59. The molecule has 6 aromatic rings. The van der Waals surface area contributed by atoms with Crippen molar-refractivity contribution < 1.29 is 14.3 Å². The van der Waals surface area contributed by atoms with Crippen molar-refractivity contribution in [2.45, 2.75) is 26.4 Å². The van der Waals surface area contributed by atoms with Crippen molar-refractivity contribution in [3.8, 4) is 17.4 Å². The van der Waals surface area contributed by atoms with Crippen LogP contribution in [0.25, 0.3) is 16.4 Å². The number of methoxy groups -OCH3 is 1. The quantitative estimate of drug-likeness (QED) is 0.170. The second-order valence-corrected chi connectivity index (χ2v) is 10.1. The molecule has 202 valence electrons. The number of aryl methyl sites for hydroxylation is 1. The first kappa shape index (κ1) is 24.8. The Labute approximate surface area is 236 Å². The Bertz CT molecular complexity index is 1930. The number of ether oxygens (including phenoxy) is 2. The van der Waals surface area contributed by atoms with E-state index in [-0.39, 0.29) is 12.5 Å². The van der Waals surface area contributed by atoms with Gasteiger partial charge in [-0.3, -0.25) is 0 Å².